The van der Waals surface area contributed by atoms with Gasteiger partial charge in [-0.2, -0.15) is 5.10 Å². The van der Waals surface area contributed by atoms with Crippen LogP contribution in [0.4, 0.5) is 5.82 Å². The SMILES string of the molecule is Nc1ncnc2c1c(-c1ccc3ccccc3c1)nn2C=CCc1ccccc1. The zero-order valence-corrected chi connectivity index (χ0v) is 15.7. The zero-order chi connectivity index (χ0) is 19.6. The Morgan fingerprint density at radius 2 is 1.66 bits per heavy atom. The number of allylic oxidation sites excluding steroid dienone is 1. The maximum absolute atomic E-state index is 6.21. The van der Waals surface area contributed by atoms with Crippen LogP contribution in [-0.4, -0.2) is 19.7 Å². The fourth-order valence-corrected chi connectivity index (χ4v) is 3.54. The normalized spacial score (nSPS) is 11.6. The summed E-state index contributed by atoms with van der Waals surface area (Å²) < 4.78 is 1.78. The highest BCUT2D eigenvalue weighted by Gasteiger charge is 2.16. The van der Waals surface area contributed by atoms with Crippen molar-refractivity contribution in [3.8, 4) is 11.3 Å². The van der Waals surface area contributed by atoms with Gasteiger partial charge in [0.05, 0.1) is 5.39 Å². The third-order valence-corrected chi connectivity index (χ3v) is 4.98. The molecule has 29 heavy (non-hydrogen) atoms. The average molecular weight is 377 g/mol. The Hall–Kier alpha value is -3.99. The van der Waals surface area contributed by atoms with Crippen molar-refractivity contribution in [3.05, 3.63) is 90.8 Å². The summed E-state index contributed by atoms with van der Waals surface area (Å²) in [6.45, 7) is 0. The highest BCUT2D eigenvalue weighted by molar-refractivity contribution is 6.00. The molecule has 0 fully saturated rings. The molecule has 2 aromatic heterocycles. The largest absolute Gasteiger partial charge is 0.383 e. The molecule has 140 valence electrons. The molecule has 0 radical (unpaired) electrons. The van der Waals surface area contributed by atoms with Crippen molar-refractivity contribution < 1.29 is 0 Å². The van der Waals surface area contributed by atoms with Crippen molar-refractivity contribution in [1.82, 2.24) is 19.7 Å². The Kier molecular flexibility index (Phi) is 4.26. The Labute approximate surface area is 168 Å². The van der Waals surface area contributed by atoms with Crippen molar-refractivity contribution in [3.63, 3.8) is 0 Å². The number of hydrogen-bond donors (Lipinski definition) is 1. The van der Waals surface area contributed by atoms with Gasteiger partial charge < -0.3 is 5.73 Å². The summed E-state index contributed by atoms with van der Waals surface area (Å²) in [7, 11) is 0. The van der Waals surface area contributed by atoms with Gasteiger partial charge in [-0.15, -0.1) is 0 Å². The molecule has 2 heterocycles. The van der Waals surface area contributed by atoms with Crippen LogP contribution in [0.15, 0.2) is 85.2 Å². The number of aromatic nitrogens is 4. The molecule has 0 saturated heterocycles. The van der Waals surface area contributed by atoms with E-state index in [4.69, 9.17) is 10.8 Å². The number of anilines is 1. The van der Waals surface area contributed by atoms with E-state index in [0.29, 0.717) is 11.5 Å². The third kappa shape index (κ3) is 3.23. The molecule has 0 amide bonds. The second-order valence-corrected chi connectivity index (χ2v) is 6.89. The van der Waals surface area contributed by atoms with E-state index in [-0.39, 0.29) is 0 Å². The van der Waals surface area contributed by atoms with Crippen LogP contribution in [0.3, 0.4) is 0 Å². The molecule has 5 rings (SSSR count). The van der Waals surface area contributed by atoms with Crippen molar-refractivity contribution in [2.24, 2.45) is 0 Å². The molecular formula is C24H19N5. The molecule has 5 heteroatoms. The summed E-state index contributed by atoms with van der Waals surface area (Å²) in [5.41, 5.74) is 9.93. The topological polar surface area (TPSA) is 69.6 Å². The maximum atomic E-state index is 6.21. The van der Waals surface area contributed by atoms with Gasteiger partial charge >= 0.3 is 0 Å². The Bertz CT molecular complexity index is 1340. The predicted octanol–water partition coefficient (Wildman–Crippen LogP) is 4.94. The molecular weight excluding hydrogens is 358 g/mol. The van der Waals surface area contributed by atoms with Gasteiger partial charge in [0.1, 0.15) is 17.8 Å². The van der Waals surface area contributed by atoms with Gasteiger partial charge in [-0.1, -0.05) is 72.8 Å². The Morgan fingerprint density at radius 3 is 2.52 bits per heavy atom. The number of hydrogen-bond acceptors (Lipinski definition) is 4. The van der Waals surface area contributed by atoms with Gasteiger partial charge in [0.25, 0.3) is 0 Å². The summed E-state index contributed by atoms with van der Waals surface area (Å²) in [5.74, 6) is 0.431. The van der Waals surface area contributed by atoms with Gasteiger partial charge in [-0.25, -0.2) is 14.6 Å². The lowest BCUT2D eigenvalue weighted by molar-refractivity contribution is 0.947. The van der Waals surface area contributed by atoms with E-state index in [9.17, 15) is 0 Å². The fraction of sp³-hybridized carbons (Fsp3) is 0.0417. The zero-order valence-electron chi connectivity index (χ0n) is 15.7. The average Bonchev–Trinajstić information content (AvgIpc) is 3.14. The first-order valence-corrected chi connectivity index (χ1v) is 9.48. The summed E-state index contributed by atoms with van der Waals surface area (Å²) in [6.07, 6.45) is 6.30. The molecule has 0 unspecified atom stereocenters. The van der Waals surface area contributed by atoms with E-state index in [1.54, 1.807) is 4.68 Å². The smallest absolute Gasteiger partial charge is 0.168 e. The Balaban J connectivity index is 1.60. The number of nitrogens with zero attached hydrogens (tertiary/aromatic N) is 4. The first-order valence-electron chi connectivity index (χ1n) is 9.48. The van der Waals surface area contributed by atoms with E-state index >= 15 is 0 Å². The van der Waals surface area contributed by atoms with Gasteiger partial charge in [-0.05, 0) is 28.8 Å². The number of nitrogens with two attached hydrogens (primary N) is 1. The van der Waals surface area contributed by atoms with Crippen LogP contribution >= 0.6 is 0 Å². The molecule has 0 bridgehead atoms. The summed E-state index contributed by atoms with van der Waals surface area (Å²) in [4.78, 5) is 8.62. The monoisotopic (exact) mass is 377 g/mol. The van der Waals surface area contributed by atoms with Gasteiger partial charge in [0, 0.05) is 11.8 Å². The minimum Gasteiger partial charge on any atom is -0.383 e. The van der Waals surface area contributed by atoms with E-state index in [1.165, 1.54) is 17.3 Å². The molecule has 0 aliphatic heterocycles. The van der Waals surface area contributed by atoms with Gasteiger partial charge in [0.2, 0.25) is 0 Å². The molecule has 5 nitrogen and oxygen atoms in total. The second kappa shape index (κ2) is 7.20. The van der Waals surface area contributed by atoms with Crippen molar-refractivity contribution in [1.29, 1.82) is 0 Å². The number of fused-ring (bicyclic) bond motifs is 2. The molecule has 0 aliphatic rings. The number of nitrogen functional groups attached to an aromatic ring is 1. The van der Waals surface area contributed by atoms with E-state index in [1.807, 2.05) is 36.5 Å². The number of benzene rings is 3. The van der Waals surface area contributed by atoms with Crippen LogP contribution < -0.4 is 5.73 Å². The van der Waals surface area contributed by atoms with E-state index < -0.39 is 0 Å². The van der Waals surface area contributed by atoms with Crippen molar-refractivity contribution in [2.75, 3.05) is 5.73 Å². The molecule has 5 aromatic rings. The summed E-state index contributed by atoms with van der Waals surface area (Å²) in [6, 6.07) is 24.9. The number of rotatable bonds is 4. The first kappa shape index (κ1) is 17.1. The van der Waals surface area contributed by atoms with Gasteiger partial charge in [-0.3, -0.25) is 0 Å². The van der Waals surface area contributed by atoms with E-state index in [0.717, 1.165) is 28.5 Å². The van der Waals surface area contributed by atoms with Crippen molar-refractivity contribution in [2.45, 2.75) is 6.42 Å². The van der Waals surface area contributed by atoms with Gasteiger partial charge in [0.15, 0.2) is 5.65 Å². The highest BCUT2D eigenvalue weighted by Crippen LogP contribution is 2.32. The van der Waals surface area contributed by atoms with Crippen LogP contribution in [0.25, 0.3) is 39.3 Å². The van der Waals surface area contributed by atoms with Crippen LogP contribution in [-0.2, 0) is 6.42 Å². The lowest BCUT2D eigenvalue weighted by atomic mass is 10.0. The molecule has 2 N–H and O–H groups in total. The highest BCUT2D eigenvalue weighted by atomic mass is 15.3. The molecule has 3 aromatic carbocycles. The maximum Gasteiger partial charge on any atom is 0.168 e. The minimum atomic E-state index is 0.431. The lowest BCUT2D eigenvalue weighted by Gasteiger charge is -2.02. The first-order chi connectivity index (χ1) is 14.3. The van der Waals surface area contributed by atoms with Crippen LogP contribution in [0.2, 0.25) is 0 Å². The molecule has 0 atom stereocenters. The van der Waals surface area contributed by atoms with E-state index in [2.05, 4.69) is 58.5 Å². The van der Waals surface area contributed by atoms with Crippen LogP contribution in [0, 0.1) is 0 Å². The molecule has 0 spiro atoms. The molecule has 0 aliphatic carbocycles. The Morgan fingerprint density at radius 1 is 0.862 bits per heavy atom. The predicted molar refractivity (Wildman–Crippen MR) is 118 cm³/mol. The minimum absolute atomic E-state index is 0.431. The third-order valence-electron chi connectivity index (χ3n) is 4.98. The van der Waals surface area contributed by atoms with Crippen molar-refractivity contribution >= 4 is 33.8 Å². The quantitative estimate of drug-likeness (QED) is 0.481. The fourth-order valence-electron chi connectivity index (χ4n) is 3.54. The summed E-state index contributed by atoms with van der Waals surface area (Å²) >= 11 is 0. The van der Waals surface area contributed by atoms with Crippen LogP contribution in [0.1, 0.15) is 5.56 Å². The molecule has 0 saturated carbocycles. The van der Waals surface area contributed by atoms with Crippen LogP contribution in [0.5, 0.6) is 0 Å². The standard InChI is InChI=1S/C24H19N5/c25-23-21-22(20-13-12-18-10-4-5-11-19(18)15-20)28-29(24(21)27-16-26-23)14-6-9-17-7-2-1-3-8-17/h1-8,10-16H,9H2,(H2,25,26,27). The lowest BCUT2D eigenvalue weighted by Crippen LogP contribution is -1.95. The second-order valence-electron chi connectivity index (χ2n) is 6.89. The summed E-state index contributed by atoms with van der Waals surface area (Å²) in [5, 5.41) is 7.92.